The molecule has 3 rings (SSSR count). The molecule has 1 fully saturated rings. The first-order valence-corrected chi connectivity index (χ1v) is 11.2. The number of hydrogen-bond acceptors (Lipinski definition) is 2. The Hall–Kier alpha value is -2.16. The molecule has 0 bridgehead atoms. The number of esters is 1. The van der Waals surface area contributed by atoms with Crippen molar-refractivity contribution >= 4 is 5.97 Å². The lowest BCUT2D eigenvalue weighted by molar-refractivity contribution is 0.0500. The summed E-state index contributed by atoms with van der Waals surface area (Å²) in [5.74, 6) is 0.829. The Balaban J connectivity index is 1.65. The van der Waals surface area contributed by atoms with E-state index in [0.717, 1.165) is 42.7 Å². The van der Waals surface area contributed by atoms with E-state index in [4.69, 9.17) is 4.74 Å². The fourth-order valence-electron chi connectivity index (χ4n) is 4.39. The van der Waals surface area contributed by atoms with Crippen molar-refractivity contribution in [2.24, 2.45) is 5.92 Å². The second kappa shape index (κ2) is 10.6. The Bertz CT molecular complexity index is 789. The summed E-state index contributed by atoms with van der Waals surface area (Å²) in [6, 6.07) is 12.7. The summed E-state index contributed by atoms with van der Waals surface area (Å²) in [5, 5.41) is 0. The van der Waals surface area contributed by atoms with E-state index in [-0.39, 0.29) is 11.8 Å². The Kier molecular flexibility index (Phi) is 7.85. The highest BCUT2D eigenvalue weighted by molar-refractivity contribution is 5.90. The summed E-state index contributed by atoms with van der Waals surface area (Å²) in [4.78, 5) is 12.0. The number of benzene rings is 2. The first kappa shape index (κ1) is 21.5. The molecule has 0 spiro atoms. The molecule has 0 heterocycles. The highest BCUT2D eigenvalue weighted by Crippen LogP contribution is 2.38. The quantitative estimate of drug-likeness (QED) is 0.340. The molecule has 29 heavy (non-hydrogen) atoms. The van der Waals surface area contributed by atoms with E-state index in [0.29, 0.717) is 23.7 Å². The smallest absolute Gasteiger partial charge is 0.338 e. The molecule has 1 aliphatic rings. The van der Waals surface area contributed by atoms with Crippen LogP contribution in [0.15, 0.2) is 42.5 Å². The zero-order valence-electron chi connectivity index (χ0n) is 17.8. The zero-order valence-corrected chi connectivity index (χ0v) is 17.8. The van der Waals surface area contributed by atoms with Gasteiger partial charge in [-0.2, -0.15) is 0 Å². The first-order chi connectivity index (χ1) is 14.1. The lowest BCUT2D eigenvalue weighted by atomic mass is 9.77. The molecule has 156 valence electrons. The van der Waals surface area contributed by atoms with E-state index in [1.54, 1.807) is 30.3 Å². The van der Waals surface area contributed by atoms with Gasteiger partial charge in [0, 0.05) is 5.56 Å². The molecule has 2 aromatic carbocycles. The molecular weight excluding hydrogens is 363 g/mol. The van der Waals surface area contributed by atoms with Gasteiger partial charge < -0.3 is 4.74 Å². The van der Waals surface area contributed by atoms with Gasteiger partial charge in [0.1, 0.15) is 5.82 Å². The molecule has 0 radical (unpaired) electrons. The lowest BCUT2D eigenvalue weighted by Gasteiger charge is -2.28. The molecule has 0 N–H and O–H groups in total. The molecule has 0 unspecified atom stereocenters. The Labute approximate surface area is 174 Å². The van der Waals surface area contributed by atoms with Crippen LogP contribution in [-0.4, -0.2) is 12.6 Å². The van der Waals surface area contributed by atoms with Gasteiger partial charge in [-0.3, -0.25) is 0 Å². The van der Waals surface area contributed by atoms with Crippen molar-refractivity contribution in [2.45, 2.75) is 71.1 Å². The number of halogens is 1. The van der Waals surface area contributed by atoms with Crippen molar-refractivity contribution in [1.82, 2.24) is 0 Å². The highest BCUT2D eigenvalue weighted by atomic mass is 19.1. The molecule has 0 amide bonds. The van der Waals surface area contributed by atoms with Gasteiger partial charge in [-0.25, -0.2) is 9.18 Å². The van der Waals surface area contributed by atoms with Crippen molar-refractivity contribution in [2.75, 3.05) is 6.61 Å². The monoisotopic (exact) mass is 396 g/mol. The molecular formula is C26H33FO2. The standard InChI is InChI=1S/C26H33FO2/c1-3-5-17-29-26(28)22-13-11-21(12-14-22)24-16-15-23(18-25(24)27)20-9-7-19(6-4-2)8-10-20/h11-16,18-20H,3-10,17H2,1-2H3/t19-,20-. The van der Waals surface area contributed by atoms with Crippen LogP contribution in [0.1, 0.15) is 87.1 Å². The minimum atomic E-state index is -0.320. The van der Waals surface area contributed by atoms with Crippen molar-refractivity contribution in [1.29, 1.82) is 0 Å². The van der Waals surface area contributed by atoms with Crippen LogP contribution >= 0.6 is 0 Å². The zero-order chi connectivity index (χ0) is 20.6. The van der Waals surface area contributed by atoms with E-state index in [1.165, 1.54) is 25.7 Å². The predicted octanol–water partition coefficient (Wildman–Crippen LogP) is 7.52. The van der Waals surface area contributed by atoms with E-state index < -0.39 is 0 Å². The minimum absolute atomic E-state index is 0.184. The molecule has 3 heteroatoms. The number of carbonyl (C=O) groups is 1. The van der Waals surface area contributed by atoms with Crippen LogP contribution in [0.2, 0.25) is 0 Å². The SMILES string of the molecule is CCCCOC(=O)c1ccc(-c2ccc([C@H]3CC[C@H](CCC)CC3)cc2F)cc1. The maximum Gasteiger partial charge on any atom is 0.338 e. The summed E-state index contributed by atoms with van der Waals surface area (Å²) in [6.45, 7) is 4.75. The number of carbonyl (C=O) groups excluding carboxylic acids is 1. The summed E-state index contributed by atoms with van der Waals surface area (Å²) in [6.07, 6.45) is 9.28. The van der Waals surface area contributed by atoms with E-state index in [9.17, 15) is 9.18 Å². The van der Waals surface area contributed by atoms with Gasteiger partial charge in [0.25, 0.3) is 0 Å². The Morgan fingerprint density at radius 2 is 1.72 bits per heavy atom. The number of ether oxygens (including phenoxy) is 1. The average Bonchev–Trinajstić information content (AvgIpc) is 2.75. The molecule has 2 nitrogen and oxygen atoms in total. The maximum atomic E-state index is 14.9. The van der Waals surface area contributed by atoms with Gasteiger partial charge in [-0.15, -0.1) is 0 Å². The summed E-state index contributed by atoms with van der Waals surface area (Å²) < 4.78 is 20.1. The number of rotatable bonds is 8. The van der Waals surface area contributed by atoms with Gasteiger partial charge in [-0.05, 0) is 73.3 Å². The Morgan fingerprint density at radius 1 is 1.00 bits per heavy atom. The minimum Gasteiger partial charge on any atom is -0.462 e. The fourth-order valence-corrected chi connectivity index (χ4v) is 4.39. The second-order valence-corrected chi connectivity index (χ2v) is 8.31. The summed E-state index contributed by atoms with van der Waals surface area (Å²) in [7, 11) is 0. The molecule has 0 aromatic heterocycles. The number of hydrogen-bond donors (Lipinski definition) is 0. The third-order valence-electron chi connectivity index (χ3n) is 6.17. The third-order valence-corrected chi connectivity index (χ3v) is 6.17. The molecule has 1 saturated carbocycles. The molecule has 0 saturated heterocycles. The average molecular weight is 397 g/mol. The molecule has 0 atom stereocenters. The van der Waals surface area contributed by atoms with Gasteiger partial charge in [0.15, 0.2) is 0 Å². The highest BCUT2D eigenvalue weighted by Gasteiger charge is 2.22. The maximum absolute atomic E-state index is 14.9. The van der Waals surface area contributed by atoms with Crippen LogP contribution in [-0.2, 0) is 4.74 Å². The fraction of sp³-hybridized carbons (Fsp3) is 0.500. The van der Waals surface area contributed by atoms with Gasteiger partial charge in [0.05, 0.1) is 12.2 Å². The molecule has 1 aliphatic carbocycles. The predicted molar refractivity (Wildman–Crippen MR) is 117 cm³/mol. The largest absolute Gasteiger partial charge is 0.462 e. The van der Waals surface area contributed by atoms with Gasteiger partial charge in [-0.1, -0.05) is 57.4 Å². The van der Waals surface area contributed by atoms with Crippen LogP contribution in [0.3, 0.4) is 0 Å². The van der Waals surface area contributed by atoms with E-state index in [1.807, 2.05) is 6.07 Å². The second-order valence-electron chi connectivity index (χ2n) is 8.31. The third kappa shape index (κ3) is 5.68. The van der Waals surface area contributed by atoms with Crippen LogP contribution < -0.4 is 0 Å². The van der Waals surface area contributed by atoms with Gasteiger partial charge >= 0.3 is 5.97 Å². The van der Waals surface area contributed by atoms with E-state index in [2.05, 4.69) is 19.9 Å². The summed E-state index contributed by atoms with van der Waals surface area (Å²) in [5.41, 5.74) is 2.99. The van der Waals surface area contributed by atoms with Crippen molar-refractivity contribution in [3.63, 3.8) is 0 Å². The van der Waals surface area contributed by atoms with Crippen LogP contribution in [0.5, 0.6) is 0 Å². The van der Waals surface area contributed by atoms with Gasteiger partial charge in [0.2, 0.25) is 0 Å². The first-order valence-electron chi connectivity index (χ1n) is 11.2. The van der Waals surface area contributed by atoms with Crippen LogP contribution in [0.25, 0.3) is 11.1 Å². The normalized spacial score (nSPS) is 19.1. The van der Waals surface area contributed by atoms with Crippen LogP contribution in [0, 0.1) is 11.7 Å². The molecule has 0 aliphatic heterocycles. The lowest BCUT2D eigenvalue weighted by Crippen LogP contribution is -2.13. The number of unbranched alkanes of at least 4 members (excludes halogenated alkanes) is 1. The Morgan fingerprint density at radius 3 is 2.34 bits per heavy atom. The molecule has 2 aromatic rings. The topological polar surface area (TPSA) is 26.3 Å². The van der Waals surface area contributed by atoms with Crippen LogP contribution in [0.4, 0.5) is 4.39 Å². The van der Waals surface area contributed by atoms with Crippen molar-refractivity contribution in [3.8, 4) is 11.1 Å². The van der Waals surface area contributed by atoms with Crippen molar-refractivity contribution in [3.05, 3.63) is 59.4 Å². The summed E-state index contributed by atoms with van der Waals surface area (Å²) >= 11 is 0. The van der Waals surface area contributed by atoms with Crippen molar-refractivity contribution < 1.29 is 13.9 Å². The van der Waals surface area contributed by atoms with E-state index >= 15 is 0 Å².